The molecule has 0 aliphatic carbocycles. The molecular weight excluding hydrogens is 288 g/mol. The molecule has 0 aliphatic rings. The highest BCUT2D eigenvalue weighted by Gasteiger charge is 2.04. The van der Waals surface area contributed by atoms with E-state index in [0.29, 0.717) is 17.9 Å². The minimum Gasteiger partial charge on any atom is -0.404 e. The fourth-order valence-corrected chi connectivity index (χ4v) is 2.19. The van der Waals surface area contributed by atoms with Gasteiger partial charge in [0.2, 0.25) is 0 Å². The number of allylic oxidation sites excluding steroid dienone is 1. The van der Waals surface area contributed by atoms with Crippen LogP contribution in [0.3, 0.4) is 0 Å². The third kappa shape index (κ3) is 3.32. The lowest BCUT2D eigenvalue weighted by Gasteiger charge is -2.07. The Kier molecular flexibility index (Phi) is 4.24. The van der Waals surface area contributed by atoms with E-state index < -0.39 is 0 Å². The Balaban J connectivity index is 1.82. The summed E-state index contributed by atoms with van der Waals surface area (Å²) in [5, 5.41) is 10.6. The van der Waals surface area contributed by atoms with Crippen molar-refractivity contribution in [2.45, 2.75) is 6.54 Å². The van der Waals surface area contributed by atoms with Crippen LogP contribution in [0, 0.1) is 5.41 Å². The number of fused-ring (bicyclic) bond motifs is 1. The summed E-state index contributed by atoms with van der Waals surface area (Å²) in [6, 6.07) is 11.4. The zero-order chi connectivity index (χ0) is 16.1. The fraction of sp³-hybridized carbons (Fsp3) is 0.0588. The second-order valence-corrected chi connectivity index (χ2v) is 4.90. The van der Waals surface area contributed by atoms with E-state index in [9.17, 15) is 0 Å². The third-order valence-electron chi connectivity index (χ3n) is 3.39. The molecule has 0 unspecified atom stereocenters. The van der Waals surface area contributed by atoms with Gasteiger partial charge in [0, 0.05) is 24.2 Å². The Bertz CT molecular complexity index is 857. The summed E-state index contributed by atoms with van der Waals surface area (Å²) in [4.78, 5) is 13.2. The maximum absolute atomic E-state index is 7.35. The highest BCUT2D eigenvalue weighted by atomic mass is 15.0. The quantitative estimate of drug-likeness (QED) is 0.629. The first-order valence-corrected chi connectivity index (χ1v) is 7.13. The van der Waals surface area contributed by atoms with Gasteiger partial charge in [0.1, 0.15) is 5.82 Å². The number of anilines is 1. The lowest BCUT2D eigenvalue weighted by Crippen LogP contribution is -2.03. The molecule has 4 N–H and O–H groups in total. The SMILES string of the molecule is N=C/C(=C\N)c1ccc2nc(NCc3ccccn3)cnc2c1. The second kappa shape index (κ2) is 6.65. The number of nitrogens with zero attached hydrogens (tertiary/aromatic N) is 3. The smallest absolute Gasteiger partial charge is 0.145 e. The normalized spacial score (nSPS) is 11.4. The number of benzene rings is 1. The van der Waals surface area contributed by atoms with Gasteiger partial charge < -0.3 is 16.5 Å². The van der Waals surface area contributed by atoms with E-state index in [1.165, 1.54) is 12.4 Å². The molecule has 3 rings (SSSR count). The highest BCUT2D eigenvalue weighted by molar-refractivity contribution is 6.08. The lowest BCUT2D eigenvalue weighted by atomic mass is 10.1. The summed E-state index contributed by atoms with van der Waals surface area (Å²) in [5.74, 6) is 0.692. The van der Waals surface area contributed by atoms with Gasteiger partial charge in [-0.3, -0.25) is 9.97 Å². The summed E-state index contributed by atoms with van der Waals surface area (Å²) in [7, 11) is 0. The lowest BCUT2D eigenvalue weighted by molar-refractivity contribution is 1.03. The molecule has 3 aromatic rings. The standard InChI is InChI=1S/C17H16N6/c18-8-13(9-19)12-4-5-15-16(7-12)21-11-17(23-15)22-10-14-3-1-2-6-20-14/h1-9,11,18H,10,19H2,(H,22,23)/b13-9+,18-8?. The van der Waals surface area contributed by atoms with Crippen LogP contribution in [0.2, 0.25) is 0 Å². The molecule has 6 heteroatoms. The second-order valence-electron chi connectivity index (χ2n) is 4.90. The molecule has 23 heavy (non-hydrogen) atoms. The molecule has 0 spiro atoms. The van der Waals surface area contributed by atoms with Crippen molar-refractivity contribution in [3.8, 4) is 0 Å². The molecule has 0 fully saturated rings. The Morgan fingerprint density at radius 1 is 1.17 bits per heavy atom. The summed E-state index contributed by atoms with van der Waals surface area (Å²) in [6.45, 7) is 0.590. The van der Waals surface area contributed by atoms with E-state index in [1.54, 1.807) is 12.4 Å². The van der Waals surface area contributed by atoms with Crippen LogP contribution in [0.1, 0.15) is 11.3 Å². The summed E-state index contributed by atoms with van der Waals surface area (Å²) in [6.07, 6.45) is 6.07. The number of pyridine rings is 1. The number of rotatable bonds is 5. The maximum Gasteiger partial charge on any atom is 0.145 e. The van der Waals surface area contributed by atoms with Gasteiger partial charge in [-0.25, -0.2) is 4.98 Å². The van der Waals surface area contributed by atoms with E-state index in [4.69, 9.17) is 11.1 Å². The highest BCUT2D eigenvalue weighted by Crippen LogP contribution is 2.18. The Morgan fingerprint density at radius 3 is 2.83 bits per heavy atom. The van der Waals surface area contributed by atoms with Gasteiger partial charge in [0.15, 0.2) is 0 Å². The molecule has 6 nitrogen and oxygen atoms in total. The summed E-state index contributed by atoms with van der Waals surface area (Å²) < 4.78 is 0. The number of nitrogens with two attached hydrogens (primary N) is 1. The van der Waals surface area contributed by atoms with Gasteiger partial charge in [-0.05, 0) is 29.8 Å². The summed E-state index contributed by atoms with van der Waals surface area (Å²) in [5.41, 5.74) is 9.48. The van der Waals surface area contributed by atoms with Crippen LogP contribution in [0.5, 0.6) is 0 Å². The van der Waals surface area contributed by atoms with Crippen molar-refractivity contribution in [3.05, 3.63) is 66.2 Å². The van der Waals surface area contributed by atoms with Crippen molar-refractivity contribution in [2.24, 2.45) is 5.73 Å². The number of hydrogen-bond donors (Lipinski definition) is 3. The Morgan fingerprint density at radius 2 is 2.09 bits per heavy atom. The van der Waals surface area contributed by atoms with Crippen LogP contribution in [0.15, 0.2) is 55.0 Å². The fourth-order valence-electron chi connectivity index (χ4n) is 2.19. The average Bonchev–Trinajstić information content (AvgIpc) is 2.62. The molecule has 0 amide bonds. The predicted octanol–water partition coefficient (Wildman–Crippen LogP) is 2.59. The van der Waals surface area contributed by atoms with Crippen LogP contribution >= 0.6 is 0 Å². The molecule has 2 aromatic heterocycles. The van der Waals surface area contributed by atoms with Gasteiger partial charge in [-0.2, -0.15) is 0 Å². The number of hydrogen-bond acceptors (Lipinski definition) is 6. The van der Waals surface area contributed by atoms with Gasteiger partial charge in [-0.15, -0.1) is 0 Å². The average molecular weight is 304 g/mol. The van der Waals surface area contributed by atoms with Gasteiger partial charge in [0.25, 0.3) is 0 Å². The van der Waals surface area contributed by atoms with Crippen LogP contribution < -0.4 is 11.1 Å². The molecule has 1 aromatic carbocycles. The zero-order valence-corrected chi connectivity index (χ0v) is 12.4. The van der Waals surface area contributed by atoms with Crippen LogP contribution in [0.4, 0.5) is 5.82 Å². The van der Waals surface area contributed by atoms with Crippen molar-refractivity contribution in [3.63, 3.8) is 0 Å². The third-order valence-corrected chi connectivity index (χ3v) is 3.39. The van der Waals surface area contributed by atoms with Crippen molar-refractivity contribution in [2.75, 3.05) is 5.32 Å². The van der Waals surface area contributed by atoms with Crippen LogP contribution in [-0.2, 0) is 6.54 Å². The first-order chi connectivity index (χ1) is 11.3. The summed E-state index contributed by atoms with van der Waals surface area (Å²) >= 11 is 0. The van der Waals surface area contributed by atoms with Crippen molar-refractivity contribution < 1.29 is 0 Å². The van der Waals surface area contributed by atoms with Crippen LogP contribution in [0.25, 0.3) is 16.6 Å². The van der Waals surface area contributed by atoms with Crippen molar-refractivity contribution >= 4 is 28.6 Å². The van der Waals surface area contributed by atoms with Gasteiger partial charge >= 0.3 is 0 Å². The van der Waals surface area contributed by atoms with Gasteiger partial charge in [-0.1, -0.05) is 12.1 Å². The number of aromatic nitrogens is 3. The molecule has 0 saturated carbocycles. The minimum atomic E-state index is 0.590. The first kappa shape index (κ1) is 14.6. The van der Waals surface area contributed by atoms with E-state index in [2.05, 4.69) is 20.3 Å². The minimum absolute atomic E-state index is 0.590. The van der Waals surface area contributed by atoms with E-state index in [1.807, 2.05) is 36.4 Å². The molecule has 0 bridgehead atoms. The maximum atomic E-state index is 7.35. The predicted molar refractivity (Wildman–Crippen MR) is 92.0 cm³/mol. The molecule has 114 valence electrons. The Labute approximate surface area is 133 Å². The Hall–Kier alpha value is -3.28. The number of nitrogens with one attached hydrogen (secondary N) is 2. The monoisotopic (exact) mass is 304 g/mol. The molecule has 2 heterocycles. The largest absolute Gasteiger partial charge is 0.404 e. The van der Waals surface area contributed by atoms with E-state index >= 15 is 0 Å². The van der Waals surface area contributed by atoms with Crippen molar-refractivity contribution in [1.29, 1.82) is 5.41 Å². The molecule has 0 aliphatic heterocycles. The van der Waals surface area contributed by atoms with Crippen LogP contribution in [-0.4, -0.2) is 21.2 Å². The van der Waals surface area contributed by atoms with Crippen molar-refractivity contribution in [1.82, 2.24) is 15.0 Å². The molecular formula is C17H16N6. The topological polar surface area (TPSA) is 101 Å². The van der Waals surface area contributed by atoms with E-state index in [-0.39, 0.29) is 0 Å². The molecule has 0 atom stereocenters. The molecule has 0 radical (unpaired) electrons. The zero-order valence-electron chi connectivity index (χ0n) is 12.4. The van der Waals surface area contributed by atoms with Gasteiger partial charge in [0.05, 0.1) is 29.5 Å². The van der Waals surface area contributed by atoms with E-state index in [0.717, 1.165) is 22.3 Å². The molecule has 0 saturated heterocycles. The first-order valence-electron chi connectivity index (χ1n) is 7.13.